The summed E-state index contributed by atoms with van der Waals surface area (Å²) in [6, 6.07) is 0. The lowest BCUT2D eigenvalue weighted by Crippen LogP contribution is -2.30. The molecule has 0 aromatic rings. The summed E-state index contributed by atoms with van der Waals surface area (Å²) in [5.74, 6) is 1.06. The highest BCUT2D eigenvalue weighted by Crippen LogP contribution is 2.18. The Hall–Kier alpha value is 0.230. The van der Waals surface area contributed by atoms with Crippen LogP contribution in [-0.2, 0) is 9.47 Å². The van der Waals surface area contributed by atoms with Crippen molar-refractivity contribution in [3.05, 3.63) is 0 Å². The van der Waals surface area contributed by atoms with Crippen LogP contribution in [0.4, 0.5) is 0 Å². The van der Waals surface area contributed by atoms with Crippen LogP contribution in [0.15, 0.2) is 0 Å². The molecule has 1 fully saturated rings. The van der Waals surface area contributed by atoms with E-state index in [0.29, 0.717) is 13.2 Å². The van der Waals surface area contributed by atoms with E-state index < -0.39 is 0 Å². The topological polar surface area (TPSA) is 44.5 Å². The lowest BCUT2D eigenvalue weighted by atomic mass is 10.4. The van der Waals surface area contributed by atoms with Gasteiger partial charge in [0.1, 0.15) is 0 Å². The smallest absolute Gasteiger partial charge is 0.0607 e. The van der Waals surface area contributed by atoms with Gasteiger partial charge in [-0.25, -0.2) is 0 Å². The highest BCUT2D eigenvalue weighted by atomic mass is 32.2. The van der Waals surface area contributed by atoms with Crippen LogP contribution in [0.5, 0.6) is 0 Å². The molecule has 3 nitrogen and oxygen atoms in total. The molecule has 1 saturated heterocycles. The normalized spacial score (nSPS) is 18.3. The molecule has 0 atom stereocenters. The Morgan fingerprint density at radius 2 is 2.27 bits per heavy atom. The molecule has 66 valence electrons. The van der Waals surface area contributed by atoms with Gasteiger partial charge in [-0.1, -0.05) is 0 Å². The molecule has 1 heterocycles. The molecule has 0 amide bonds. The Morgan fingerprint density at radius 3 is 2.82 bits per heavy atom. The molecular weight excluding hydrogens is 162 g/mol. The molecule has 11 heavy (non-hydrogen) atoms. The first-order valence-corrected chi connectivity index (χ1v) is 4.95. The van der Waals surface area contributed by atoms with Crippen LogP contribution in [0, 0.1) is 0 Å². The lowest BCUT2D eigenvalue weighted by Gasteiger charge is -2.24. The average Bonchev–Trinajstić information content (AvgIpc) is 1.93. The van der Waals surface area contributed by atoms with Crippen molar-refractivity contribution < 1.29 is 9.47 Å². The van der Waals surface area contributed by atoms with Gasteiger partial charge in [-0.15, -0.1) is 0 Å². The molecule has 0 saturated carbocycles. The molecule has 0 aliphatic carbocycles. The maximum Gasteiger partial charge on any atom is 0.0607 e. The van der Waals surface area contributed by atoms with Gasteiger partial charge in [0.05, 0.1) is 31.7 Å². The van der Waals surface area contributed by atoms with Crippen molar-refractivity contribution in [2.75, 3.05) is 38.7 Å². The van der Waals surface area contributed by atoms with E-state index in [0.717, 1.165) is 30.8 Å². The maximum absolute atomic E-state index is 5.26. The van der Waals surface area contributed by atoms with E-state index in [9.17, 15) is 0 Å². The van der Waals surface area contributed by atoms with Gasteiger partial charge in [-0.05, 0) is 0 Å². The van der Waals surface area contributed by atoms with Crippen LogP contribution in [0.25, 0.3) is 0 Å². The summed E-state index contributed by atoms with van der Waals surface area (Å²) in [6.07, 6.45) is 0. The Morgan fingerprint density at radius 1 is 1.45 bits per heavy atom. The zero-order valence-corrected chi connectivity index (χ0v) is 7.44. The number of ether oxygens (including phenoxy) is 2. The zero-order valence-electron chi connectivity index (χ0n) is 6.62. The third kappa shape index (κ3) is 3.96. The number of rotatable bonds is 6. The van der Waals surface area contributed by atoms with Crippen LogP contribution in [0.2, 0.25) is 0 Å². The number of thioether (sulfide) groups is 1. The largest absolute Gasteiger partial charge is 0.379 e. The summed E-state index contributed by atoms with van der Waals surface area (Å²) in [7, 11) is 0. The minimum absolute atomic E-state index is 0.622. The second kappa shape index (κ2) is 5.83. The molecule has 0 aromatic carbocycles. The van der Waals surface area contributed by atoms with Crippen molar-refractivity contribution in [3.8, 4) is 0 Å². The van der Waals surface area contributed by atoms with Crippen LogP contribution in [0.1, 0.15) is 0 Å². The van der Waals surface area contributed by atoms with Crippen molar-refractivity contribution in [1.82, 2.24) is 0 Å². The van der Waals surface area contributed by atoms with Gasteiger partial charge in [0.2, 0.25) is 0 Å². The Kier molecular flexibility index (Phi) is 4.94. The predicted octanol–water partition coefficient (Wildman–Crippen LogP) is 0.0937. The molecule has 4 heteroatoms. The number of hydrogen-bond donors (Lipinski definition) is 1. The third-order valence-corrected chi connectivity index (χ3v) is 2.60. The Labute approximate surface area is 71.6 Å². The van der Waals surface area contributed by atoms with Gasteiger partial charge >= 0.3 is 0 Å². The maximum atomic E-state index is 5.26. The minimum atomic E-state index is 0.622. The highest BCUT2D eigenvalue weighted by molar-refractivity contribution is 8.00. The summed E-state index contributed by atoms with van der Waals surface area (Å²) < 4.78 is 10.2. The second-order valence-corrected chi connectivity index (χ2v) is 3.84. The van der Waals surface area contributed by atoms with Crippen molar-refractivity contribution in [3.63, 3.8) is 0 Å². The lowest BCUT2D eigenvalue weighted by molar-refractivity contribution is 0.0453. The average molecular weight is 177 g/mol. The molecule has 1 rings (SSSR count). The van der Waals surface area contributed by atoms with Gasteiger partial charge < -0.3 is 15.2 Å². The molecule has 2 N–H and O–H groups in total. The summed E-state index contributed by atoms with van der Waals surface area (Å²) in [5.41, 5.74) is 5.26. The molecule has 1 aliphatic rings. The van der Waals surface area contributed by atoms with E-state index in [1.165, 1.54) is 0 Å². The highest BCUT2D eigenvalue weighted by Gasteiger charge is 2.17. The zero-order chi connectivity index (χ0) is 7.94. The van der Waals surface area contributed by atoms with Crippen LogP contribution < -0.4 is 5.73 Å². The summed E-state index contributed by atoms with van der Waals surface area (Å²) in [5, 5.41) is 0.719. The van der Waals surface area contributed by atoms with Crippen molar-refractivity contribution >= 4 is 11.8 Å². The monoisotopic (exact) mass is 177 g/mol. The van der Waals surface area contributed by atoms with Gasteiger partial charge in [-0.2, -0.15) is 11.8 Å². The van der Waals surface area contributed by atoms with E-state index in [2.05, 4.69) is 0 Å². The van der Waals surface area contributed by atoms with Gasteiger partial charge in [0.25, 0.3) is 0 Å². The molecular formula is C7H15NO2S. The first-order chi connectivity index (χ1) is 5.43. The van der Waals surface area contributed by atoms with Gasteiger partial charge in [-0.3, -0.25) is 0 Å². The van der Waals surface area contributed by atoms with Crippen LogP contribution in [-0.4, -0.2) is 44.0 Å². The Bertz CT molecular complexity index is 98.4. The van der Waals surface area contributed by atoms with Crippen LogP contribution in [0.3, 0.4) is 0 Å². The van der Waals surface area contributed by atoms with E-state index in [4.69, 9.17) is 15.2 Å². The quantitative estimate of drug-likeness (QED) is 0.584. The predicted molar refractivity (Wildman–Crippen MR) is 46.9 cm³/mol. The van der Waals surface area contributed by atoms with E-state index >= 15 is 0 Å². The number of hydrogen-bond acceptors (Lipinski definition) is 4. The number of nitrogens with two attached hydrogens (primary N) is 1. The second-order valence-electron chi connectivity index (χ2n) is 2.43. The fraction of sp³-hybridized carbons (Fsp3) is 1.00. The first kappa shape index (κ1) is 9.32. The third-order valence-electron chi connectivity index (χ3n) is 1.45. The summed E-state index contributed by atoms with van der Waals surface area (Å²) >= 11 is 1.92. The van der Waals surface area contributed by atoms with Gasteiger partial charge in [0.15, 0.2) is 0 Å². The standard InChI is InChI=1S/C7H15NO2S/c8-1-2-9-3-4-11-7-5-10-6-7/h7H,1-6,8H2. The molecule has 0 aromatic heterocycles. The van der Waals surface area contributed by atoms with Gasteiger partial charge in [0, 0.05) is 12.3 Å². The fourth-order valence-corrected chi connectivity index (χ4v) is 1.70. The first-order valence-electron chi connectivity index (χ1n) is 3.90. The molecule has 1 aliphatic heterocycles. The molecule has 0 radical (unpaired) electrons. The minimum Gasteiger partial charge on any atom is -0.379 e. The van der Waals surface area contributed by atoms with Crippen molar-refractivity contribution in [2.24, 2.45) is 5.73 Å². The Balaban J connectivity index is 1.73. The van der Waals surface area contributed by atoms with Crippen molar-refractivity contribution in [1.29, 1.82) is 0 Å². The fourth-order valence-electron chi connectivity index (χ4n) is 0.769. The molecule has 0 bridgehead atoms. The molecule has 0 unspecified atom stereocenters. The summed E-state index contributed by atoms with van der Waals surface area (Å²) in [6.45, 7) is 3.96. The van der Waals surface area contributed by atoms with Crippen molar-refractivity contribution in [2.45, 2.75) is 5.25 Å². The van der Waals surface area contributed by atoms with E-state index in [-0.39, 0.29) is 0 Å². The van der Waals surface area contributed by atoms with E-state index in [1.54, 1.807) is 0 Å². The SMILES string of the molecule is NCCOCCSC1COC1. The summed E-state index contributed by atoms with van der Waals surface area (Å²) in [4.78, 5) is 0. The van der Waals surface area contributed by atoms with Crippen LogP contribution >= 0.6 is 11.8 Å². The molecule has 0 spiro atoms. The van der Waals surface area contributed by atoms with E-state index in [1.807, 2.05) is 11.8 Å².